The van der Waals surface area contributed by atoms with Gasteiger partial charge in [-0.1, -0.05) is 30.0 Å². The first-order chi connectivity index (χ1) is 11.4. The molecule has 0 aliphatic rings. The van der Waals surface area contributed by atoms with Crippen LogP contribution in [0, 0.1) is 20.8 Å². The van der Waals surface area contributed by atoms with Gasteiger partial charge in [0.25, 0.3) is 5.78 Å². The molecule has 0 aliphatic carbocycles. The molecule has 1 atom stereocenters. The fraction of sp³-hybridized carbons (Fsp3) is 0.294. The van der Waals surface area contributed by atoms with Crippen LogP contribution in [0.15, 0.2) is 35.5 Å². The van der Waals surface area contributed by atoms with E-state index in [0.717, 1.165) is 22.6 Å². The first-order valence-electron chi connectivity index (χ1n) is 7.68. The minimum absolute atomic E-state index is 0.0750. The molecule has 1 N–H and O–H groups in total. The number of nitrogens with one attached hydrogen (secondary N) is 1. The normalized spacial score (nSPS) is 12.3. The van der Waals surface area contributed by atoms with Crippen molar-refractivity contribution in [3.05, 3.63) is 47.3 Å². The highest BCUT2D eigenvalue weighted by Gasteiger charge is 2.18. The van der Waals surface area contributed by atoms with Crippen LogP contribution in [0.4, 0.5) is 5.69 Å². The lowest BCUT2D eigenvalue weighted by atomic mass is 10.2. The van der Waals surface area contributed by atoms with Crippen molar-refractivity contribution in [2.75, 3.05) is 5.32 Å². The number of aromatic nitrogens is 4. The smallest absolute Gasteiger partial charge is 0.253 e. The SMILES string of the molecule is Cc1cc(C)n2nc(S[C@H](C)C(=O)Nc3ccccc3C)nc2n1. The third kappa shape index (κ3) is 3.41. The molecule has 0 unspecified atom stereocenters. The van der Waals surface area contributed by atoms with E-state index in [9.17, 15) is 4.79 Å². The van der Waals surface area contributed by atoms with E-state index in [1.165, 1.54) is 11.8 Å². The Kier molecular flexibility index (Phi) is 4.53. The maximum Gasteiger partial charge on any atom is 0.253 e. The summed E-state index contributed by atoms with van der Waals surface area (Å²) in [6.07, 6.45) is 0. The van der Waals surface area contributed by atoms with E-state index in [2.05, 4.69) is 20.4 Å². The van der Waals surface area contributed by atoms with Crippen molar-refractivity contribution in [3.8, 4) is 0 Å². The molecule has 7 heteroatoms. The van der Waals surface area contributed by atoms with E-state index in [1.807, 2.05) is 58.0 Å². The lowest BCUT2D eigenvalue weighted by Gasteiger charge is -2.11. The number of carbonyl (C=O) groups is 1. The van der Waals surface area contributed by atoms with Crippen LogP contribution in [0.5, 0.6) is 0 Å². The first kappa shape index (κ1) is 16.4. The zero-order valence-electron chi connectivity index (χ0n) is 14.1. The number of hydrogen-bond acceptors (Lipinski definition) is 5. The molecule has 3 rings (SSSR count). The Hall–Kier alpha value is -2.41. The summed E-state index contributed by atoms with van der Waals surface area (Å²) in [5.74, 6) is 0.482. The molecule has 0 fully saturated rings. The Morgan fingerprint density at radius 2 is 1.96 bits per heavy atom. The molecule has 0 radical (unpaired) electrons. The van der Waals surface area contributed by atoms with Crippen LogP contribution in [-0.2, 0) is 4.79 Å². The molecule has 0 aliphatic heterocycles. The van der Waals surface area contributed by atoms with Crippen LogP contribution in [0.25, 0.3) is 5.78 Å². The molecule has 24 heavy (non-hydrogen) atoms. The average molecular weight is 341 g/mol. The van der Waals surface area contributed by atoms with Gasteiger partial charge in [0.2, 0.25) is 11.1 Å². The van der Waals surface area contributed by atoms with E-state index < -0.39 is 0 Å². The van der Waals surface area contributed by atoms with Crippen LogP contribution < -0.4 is 5.32 Å². The molecule has 1 aromatic carbocycles. The predicted octanol–water partition coefficient (Wildman–Crippen LogP) is 3.17. The van der Waals surface area contributed by atoms with Gasteiger partial charge in [-0.15, -0.1) is 5.10 Å². The zero-order valence-corrected chi connectivity index (χ0v) is 14.9. The molecular weight excluding hydrogens is 322 g/mol. The van der Waals surface area contributed by atoms with Crippen molar-refractivity contribution in [3.63, 3.8) is 0 Å². The van der Waals surface area contributed by atoms with Gasteiger partial charge in [-0.2, -0.15) is 4.98 Å². The van der Waals surface area contributed by atoms with Gasteiger partial charge in [-0.05, 0) is 45.4 Å². The van der Waals surface area contributed by atoms with Crippen molar-refractivity contribution in [2.45, 2.75) is 38.1 Å². The molecule has 2 aromatic heterocycles. The highest BCUT2D eigenvalue weighted by Crippen LogP contribution is 2.22. The largest absolute Gasteiger partial charge is 0.325 e. The molecule has 0 saturated carbocycles. The van der Waals surface area contributed by atoms with Crippen LogP contribution in [-0.4, -0.2) is 30.7 Å². The van der Waals surface area contributed by atoms with Gasteiger partial charge in [-0.25, -0.2) is 9.50 Å². The second kappa shape index (κ2) is 6.60. The standard InChI is InChI=1S/C17H19N5OS/c1-10-7-5-6-8-14(10)19-15(23)13(4)24-17-20-16-18-11(2)9-12(3)22(16)21-17/h5-9,13H,1-4H3,(H,19,23)/t13-/m1/s1. The number of aryl methyl sites for hydroxylation is 3. The highest BCUT2D eigenvalue weighted by molar-refractivity contribution is 8.00. The topological polar surface area (TPSA) is 72.2 Å². The van der Waals surface area contributed by atoms with Crippen LogP contribution in [0.1, 0.15) is 23.9 Å². The zero-order chi connectivity index (χ0) is 17.3. The number of rotatable bonds is 4. The number of benzene rings is 1. The van der Waals surface area contributed by atoms with Crippen molar-refractivity contribution < 1.29 is 4.79 Å². The summed E-state index contributed by atoms with van der Waals surface area (Å²) in [6.45, 7) is 7.69. The van der Waals surface area contributed by atoms with Gasteiger partial charge in [0.05, 0.1) is 5.25 Å². The highest BCUT2D eigenvalue weighted by atomic mass is 32.2. The van der Waals surface area contributed by atoms with E-state index in [1.54, 1.807) is 4.52 Å². The molecular formula is C17H19N5OS. The molecule has 0 spiro atoms. The monoisotopic (exact) mass is 341 g/mol. The second-order valence-electron chi connectivity index (χ2n) is 5.71. The summed E-state index contributed by atoms with van der Waals surface area (Å²) in [4.78, 5) is 21.2. The van der Waals surface area contributed by atoms with Crippen molar-refractivity contribution in [2.24, 2.45) is 0 Å². The van der Waals surface area contributed by atoms with Crippen LogP contribution in [0.3, 0.4) is 0 Å². The van der Waals surface area contributed by atoms with Gasteiger partial charge in [0.1, 0.15) is 0 Å². The number of para-hydroxylation sites is 1. The Morgan fingerprint density at radius 3 is 2.71 bits per heavy atom. The summed E-state index contributed by atoms with van der Waals surface area (Å²) in [7, 11) is 0. The van der Waals surface area contributed by atoms with Gasteiger partial charge < -0.3 is 5.32 Å². The van der Waals surface area contributed by atoms with Crippen molar-refractivity contribution in [1.82, 2.24) is 19.6 Å². The number of anilines is 1. The average Bonchev–Trinajstić information content (AvgIpc) is 2.92. The van der Waals surface area contributed by atoms with E-state index in [-0.39, 0.29) is 11.2 Å². The lowest BCUT2D eigenvalue weighted by molar-refractivity contribution is -0.115. The van der Waals surface area contributed by atoms with Crippen LogP contribution in [0.2, 0.25) is 0 Å². The Balaban J connectivity index is 1.74. The fourth-order valence-electron chi connectivity index (χ4n) is 2.36. The number of carbonyl (C=O) groups excluding carboxylic acids is 1. The van der Waals surface area contributed by atoms with Crippen molar-refractivity contribution >= 4 is 29.1 Å². The molecule has 2 heterocycles. The number of amides is 1. The van der Waals surface area contributed by atoms with Crippen LogP contribution >= 0.6 is 11.8 Å². The third-order valence-electron chi connectivity index (χ3n) is 3.65. The predicted molar refractivity (Wildman–Crippen MR) is 95.4 cm³/mol. The second-order valence-corrected chi connectivity index (χ2v) is 7.02. The summed E-state index contributed by atoms with van der Waals surface area (Å²) < 4.78 is 1.70. The number of fused-ring (bicyclic) bond motifs is 1. The molecule has 3 aromatic rings. The van der Waals surface area contributed by atoms with Gasteiger partial charge in [-0.3, -0.25) is 4.79 Å². The minimum Gasteiger partial charge on any atom is -0.325 e. The minimum atomic E-state index is -0.316. The maximum atomic E-state index is 12.4. The van der Waals surface area contributed by atoms with Gasteiger partial charge in [0.15, 0.2) is 0 Å². The number of nitrogens with zero attached hydrogens (tertiary/aromatic N) is 4. The lowest BCUT2D eigenvalue weighted by Crippen LogP contribution is -2.22. The fourth-order valence-corrected chi connectivity index (χ4v) is 3.10. The third-order valence-corrected chi connectivity index (χ3v) is 4.60. The molecule has 124 valence electrons. The van der Waals surface area contributed by atoms with E-state index in [4.69, 9.17) is 0 Å². The Labute approximate surface area is 144 Å². The molecule has 6 nitrogen and oxygen atoms in total. The number of hydrogen-bond donors (Lipinski definition) is 1. The summed E-state index contributed by atoms with van der Waals surface area (Å²) in [5.41, 5.74) is 3.72. The summed E-state index contributed by atoms with van der Waals surface area (Å²) in [6, 6.07) is 9.66. The van der Waals surface area contributed by atoms with Gasteiger partial charge in [0, 0.05) is 17.1 Å². The Morgan fingerprint density at radius 1 is 1.21 bits per heavy atom. The molecule has 0 bridgehead atoms. The number of thioether (sulfide) groups is 1. The van der Waals surface area contributed by atoms with Gasteiger partial charge >= 0.3 is 0 Å². The van der Waals surface area contributed by atoms with E-state index in [0.29, 0.717) is 10.9 Å². The summed E-state index contributed by atoms with van der Waals surface area (Å²) in [5, 5.41) is 7.60. The summed E-state index contributed by atoms with van der Waals surface area (Å²) >= 11 is 1.32. The molecule has 1 amide bonds. The van der Waals surface area contributed by atoms with Crippen molar-refractivity contribution in [1.29, 1.82) is 0 Å². The maximum absolute atomic E-state index is 12.4. The quantitative estimate of drug-likeness (QED) is 0.738. The first-order valence-corrected chi connectivity index (χ1v) is 8.56. The van der Waals surface area contributed by atoms with E-state index >= 15 is 0 Å². The Bertz CT molecular complexity index is 905. The molecule has 0 saturated heterocycles.